The van der Waals surface area contributed by atoms with Crippen molar-refractivity contribution in [2.24, 2.45) is 5.92 Å². The third kappa shape index (κ3) is 3.84. The van der Waals surface area contributed by atoms with Gasteiger partial charge in [-0.3, -0.25) is 9.78 Å². The molecule has 0 aromatic carbocycles. The number of carbonyl (C=O) groups excluding carboxylic acids is 1. The number of carbonyl (C=O) groups is 1. The van der Waals surface area contributed by atoms with Gasteiger partial charge >= 0.3 is 0 Å². The van der Waals surface area contributed by atoms with Crippen molar-refractivity contribution in [1.82, 2.24) is 19.9 Å². The van der Waals surface area contributed by atoms with Gasteiger partial charge in [0.2, 0.25) is 5.91 Å². The number of nitrogens with one attached hydrogen (secondary N) is 1. The molecule has 2 aliphatic rings. The Balaban J connectivity index is 1.44. The quantitative estimate of drug-likeness (QED) is 0.895. The Morgan fingerprint density at radius 2 is 2.15 bits per heavy atom. The zero-order chi connectivity index (χ0) is 17.9. The van der Waals surface area contributed by atoms with Crippen LogP contribution in [0.25, 0.3) is 0 Å². The van der Waals surface area contributed by atoms with Gasteiger partial charge in [0.05, 0.1) is 12.1 Å². The standard InChI is InChI=1S/C20H25N5O/c1-14(16-4-5-16)24-20-17-6-9-25(10-7-18(17)22-13-23-20)19(26)11-15-3-2-8-21-12-15/h2-3,8,12-14,16H,4-7,9-11H2,1H3,(H,22,23,24)/t14-/m0/s1. The van der Waals surface area contributed by atoms with Crippen molar-refractivity contribution >= 4 is 11.7 Å². The van der Waals surface area contributed by atoms with Crippen molar-refractivity contribution in [3.63, 3.8) is 0 Å². The number of anilines is 1. The van der Waals surface area contributed by atoms with E-state index in [0.717, 1.165) is 35.8 Å². The van der Waals surface area contributed by atoms with Gasteiger partial charge in [0.15, 0.2) is 0 Å². The van der Waals surface area contributed by atoms with Crippen molar-refractivity contribution in [3.8, 4) is 0 Å². The molecule has 4 rings (SSSR count). The molecule has 1 aliphatic heterocycles. The Bertz CT molecular complexity index is 775. The first-order valence-corrected chi connectivity index (χ1v) is 9.46. The maximum Gasteiger partial charge on any atom is 0.227 e. The van der Waals surface area contributed by atoms with Gasteiger partial charge in [0.25, 0.3) is 0 Å². The van der Waals surface area contributed by atoms with Crippen molar-refractivity contribution in [3.05, 3.63) is 47.7 Å². The molecule has 2 aromatic heterocycles. The van der Waals surface area contributed by atoms with Crippen LogP contribution in [-0.4, -0.2) is 44.9 Å². The van der Waals surface area contributed by atoms with E-state index in [4.69, 9.17) is 0 Å². The minimum atomic E-state index is 0.152. The molecule has 6 heteroatoms. The molecule has 26 heavy (non-hydrogen) atoms. The first-order chi connectivity index (χ1) is 12.7. The van der Waals surface area contributed by atoms with E-state index in [1.807, 2.05) is 17.0 Å². The first kappa shape index (κ1) is 16.9. The second kappa shape index (κ2) is 7.40. The minimum absolute atomic E-state index is 0.152. The molecule has 136 valence electrons. The largest absolute Gasteiger partial charge is 0.367 e. The van der Waals surface area contributed by atoms with Gasteiger partial charge in [-0.2, -0.15) is 0 Å². The molecule has 1 saturated carbocycles. The van der Waals surface area contributed by atoms with Crippen molar-refractivity contribution in [2.45, 2.75) is 45.1 Å². The van der Waals surface area contributed by atoms with E-state index in [9.17, 15) is 4.79 Å². The molecule has 0 saturated heterocycles. The lowest BCUT2D eigenvalue weighted by molar-refractivity contribution is -0.130. The van der Waals surface area contributed by atoms with Gasteiger partial charge in [-0.15, -0.1) is 0 Å². The van der Waals surface area contributed by atoms with Crippen LogP contribution in [0.3, 0.4) is 0 Å². The van der Waals surface area contributed by atoms with Crippen LogP contribution in [0.1, 0.15) is 36.6 Å². The molecular weight excluding hydrogens is 326 g/mol. The van der Waals surface area contributed by atoms with Gasteiger partial charge in [0.1, 0.15) is 12.1 Å². The van der Waals surface area contributed by atoms with Crippen LogP contribution >= 0.6 is 0 Å². The van der Waals surface area contributed by atoms with Gasteiger partial charge in [0, 0.05) is 43.5 Å². The van der Waals surface area contributed by atoms with Crippen LogP contribution in [0.15, 0.2) is 30.9 Å². The number of nitrogens with zero attached hydrogens (tertiary/aromatic N) is 4. The summed E-state index contributed by atoms with van der Waals surface area (Å²) in [6, 6.07) is 4.26. The summed E-state index contributed by atoms with van der Waals surface area (Å²) >= 11 is 0. The van der Waals surface area contributed by atoms with Gasteiger partial charge in [-0.1, -0.05) is 6.07 Å². The number of aromatic nitrogens is 3. The summed E-state index contributed by atoms with van der Waals surface area (Å²) in [4.78, 5) is 27.7. The molecule has 1 aliphatic carbocycles. The molecule has 2 aromatic rings. The smallest absolute Gasteiger partial charge is 0.227 e. The molecule has 1 atom stereocenters. The summed E-state index contributed by atoms with van der Waals surface area (Å²) in [6.07, 6.45) is 9.73. The fraction of sp³-hybridized carbons (Fsp3) is 0.500. The van der Waals surface area contributed by atoms with E-state index in [2.05, 4.69) is 27.2 Å². The van der Waals surface area contributed by atoms with E-state index in [0.29, 0.717) is 25.6 Å². The Morgan fingerprint density at radius 1 is 1.31 bits per heavy atom. The van der Waals surface area contributed by atoms with E-state index in [-0.39, 0.29) is 5.91 Å². The lowest BCUT2D eigenvalue weighted by atomic mass is 10.1. The highest BCUT2D eigenvalue weighted by Gasteiger charge is 2.29. The van der Waals surface area contributed by atoms with Gasteiger partial charge in [-0.25, -0.2) is 9.97 Å². The van der Waals surface area contributed by atoms with E-state index in [1.54, 1.807) is 18.7 Å². The maximum absolute atomic E-state index is 12.7. The summed E-state index contributed by atoms with van der Waals surface area (Å²) in [7, 11) is 0. The molecule has 0 spiro atoms. The predicted octanol–water partition coefficient (Wildman–Crippen LogP) is 2.25. The number of hydrogen-bond acceptors (Lipinski definition) is 5. The maximum atomic E-state index is 12.7. The molecule has 0 bridgehead atoms. The average Bonchev–Trinajstić information content (AvgIpc) is 3.49. The minimum Gasteiger partial charge on any atom is -0.367 e. The number of amides is 1. The summed E-state index contributed by atoms with van der Waals surface area (Å²) < 4.78 is 0. The van der Waals surface area contributed by atoms with E-state index in [1.165, 1.54) is 18.4 Å². The van der Waals surface area contributed by atoms with Crippen molar-refractivity contribution in [2.75, 3.05) is 18.4 Å². The summed E-state index contributed by atoms with van der Waals surface area (Å²) in [5, 5.41) is 3.58. The predicted molar refractivity (Wildman–Crippen MR) is 99.8 cm³/mol. The lowest BCUT2D eigenvalue weighted by Gasteiger charge is -2.20. The normalized spacial score (nSPS) is 18.0. The molecule has 1 fully saturated rings. The summed E-state index contributed by atoms with van der Waals surface area (Å²) in [5.41, 5.74) is 3.21. The molecule has 6 nitrogen and oxygen atoms in total. The lowest BCUT2D eigenvalue weighted by Crippen LogP contribution is -2.34. The van der Waals surface area contributed by atoms with Crippen molar-refractivity contribution < 1.29 is 4.79 Å². The van der Waals surface area contributed by atoms with Crippen LogP contribution in [0, 0.1) is 5.92 Å². The summed E-state index contributed by atoms with van der Waals surface area (Å²) in [6.45, 7) is 3.65. The zero-order valence-corrected chi connectivity index (χ0v) is 15.2. The molecule has 1 N–H and O–H groups in total. The highest BCUT2D eigenvalue weighted by Crippen LogP contribution is 2.34. The number of hydrogen-bond donors (Lipinski definition) is 1. The Kier molecular flexibility index (Phi) is 4.82. The van der Waals surface area contributed by atoms with E-state index < -0.39 is 0 Å². The Hall–Kier alpha value is -2.50. The topological polar surface area (TPSA) is 71.0 Å². The molecule has 1 amide bonds. The van der Waals surface area contributed by atoms with E-state index >= 15 is 0 Å². The number of rotatable bonds is 5. The molecular formula is C20H25N5O. The van der Waals surface area contributed by atoms with Crippen LogP contribution in [0.2, 0.25) is 0 Å². The summed E-state index contributed by atoms with van der Waals surface area (Å²) in [5.74, 6) is 1.87. The number of fused-ring (bicyclic) bond motifs is 1. The monoisotopic (exact) mass is 351 g/mol. The van der Waals surface area contributed by atoms with Gasteiger partial charge in [-0.05, 0) is 43.7 Å². The third-order valence-electron chi connectivity index (χ3n) is 5.41. The highest BCUT2D eigenvalue weighted by atomic mass is 16.2. The first-order valence-electron chi connectivity index (χ1n) is 9.46. The van der Waals surface area contributed by atoms with Crippen LogP contribution < -0.4 is 5.32 Å². The average molecular weight is 351 g/mol. The van der Waals surface area contributed by atoms with Crippen LogP contribution in [0.4, 0.5) is 5.82 Å². The number of pyridine rings is 1. The third-order valence-corrected chi connectivity index (χ3v) is 5.41. The fourth-order valence-corrected chi connectivity index (χ4v) is 3.62. The van der Waals surface area contributed by atoms with Crippen molar-refractivity contribution in [1.29, 1.82) is 0 Å². The highest BCUT2D eigenvalue weighted by molar-refractivity contribution is 5.78. The van der Waals surface area contributed by atoms with Crippen LogP contribution in [-0.2, 0) is 24.1 Å². The molecule has 0 unspecified atom stereocenters. The SMILES string of the molecule is C[C@H](Nc1ncnc2c1CCN(C(=O)Cc1cccnc1)CC2)C1CC1. The fourth-order valence-electron chi connectivity index (χ4n) is 3.62. The van der Waals surface area contributed by atoms with Gasteiger partial charge < -0.3 is 10.2 Å². The Labute approximate surface area is 154 Å². The second-order valence-corrected chi connectivity index (χ2v) is 7.34. The van der Waals surface area contributed by atoms with Crippen LogP contribution in [0.5, 0.6) is 0 Å². The Morgan fingerprint density at radius 3 is 2.92 bits per heavy atom. The molecule has 3 heterocycles. The second-order valence-electron chi connectivity index (χ2n) is 7.34. The molecule has 0 radical (unpaired) electrons. The zero-order valence-electron chi connectivity index (χ0n) is 15.2.